The van der Waals surface area contributed by atoms with Gasteiger partial charge in [-0.15, -0.1) is 18.3 Å². The fraction of sp³-hybridized carbons (Fsp3) is 0.250. The van der Waals surface area contributed by atoms with E-state index in [1.165, 1.54) is 0 Å². The third-order valence-corrected chi connectivity index (χ3v) is 3.76. The third kappa shape index (κ3) is 4.02. The second-order valence-corrected chi connectivity index (χ2v) is 5.25. The van der Waals surface area contributed by atoms with Gasteiger partial charge in [0.1, 0.15) is 0 Å². The molecule has 0 heterocycles. The van der Waals surface area contributed by atoms with Crippen LogP contribution in [0.15, 0.2) is 40.2 Å². The molecule has 0 bridgehead atoms. The van der Waals surface area contributed by atoms with Crippen LogP contribution in [0.3, 0.4) is 0 Å². The van der Waals surface area contributed by atoms with E-state index in [9.17, 15) is 4.79 Å². The SMILES string of the molecule is C=CCCCSc1ccc(Br)c(C(=O)O)c1. The number of unbranched alkanes of at least 4 members (excludes halogenated alkanes) is 1. The molecule has 1 rings (SSSR count). The third-order valence-electron chi connectivity index (χ3n) is 1.99. The van der Waals surface area contributed by atoms with Crippen molar-refractivity contribution in [3.8, 4) is 0 Å². The Balaban J connectivity index is 2.64. The van der Waals surface area contributed by atoms with Crippen LogP contribution in [0.2, 0.25) is 0 Å². The van der Waals surface area contributed by atoms with Crippen LogP contribution in [0.25, 0.3) is 0 Å². The van der Waals surface area contributed by atoms with Gasteiger partial charge in [-0.2, -0.15) is 0 Å². The second kappa shape index (κ2) is 6.76. The molecule has 0 aromatic heterocycles. The van der Waals surface area contributed by atoms with E-state index in [1.807, 2.05) is 12.1 Å². The van der Waals surface area contributed by atoms with Gasteiger partial charge in [-0.1, -0.05) is 6.08 Å². The average Bonchev–Trinajstić information content (AvgIpc) is 2.26. The van der Waals surface area contributed by atoms with Crippen LogP contribution in [-0.2, 0) is 0 Å². The number of rotatable bonds is 6. The Bertz CT molecular complexity index is 391. The Hall–Kier alpha value is -0.740. The van der Waals surface area contributed by atoms with Crippen molar-refractivity contribution in [3.63, 3.8) is 0 Å². The molecule has 16 heavy (non-hydrogen) atoms. The molecule has 0 spiro atoms. The van der Waals surface area contributed by atoms with Crippen LogP contribution in [0.5, 0.6) is 0 Å². The highest BCUT2D eigenvalue weighted by molar-refractivity contribution is 9.10. The predicted molar refractivity (Wildman–Crippen MR) is 71.3 cm³/mol. The van der Waals surface area contributed by atoms with Gasteiger partial charge in [0.05, 0.1) is 5.56 Å². The predicted octanol–water partition coefficient (Wildman–Crippen LogP) is 4.21. The second-order valence-electron chi connectivity index (χ2n) is 3.23. The van der Waals surface area contributed by atoms with Crippen LogP contribution in [-0.4, -0.2) is 16.8 Å². The van der Waals surface area contributed by atoms with E-state index in [0.717, 1.165) is 23.5 Å². The number of aromatic carboxylic acids is 1. The molecule has 0 amide bonds. The summed E-state index contributed by atoms with van der Waals surface area (Å²) in [5.41, 5.74) is 0.314. The minimum absolute atomic E-state index is 0.314. The molecular weight excluding hydrogens is 288 g/mol. The topological polar surface area (TPSA) is 37.3 Å². The van der Waals surface area contributed by atoms with Crippen molar-refractivity contribution in [2.75, 3.05) is 5.75 Å². The number of carboxylic acid groups (broad SMARTS) is 1. The molecule has 1 aromatic carbocycles. The minimum atomic E-state index is -0.902. The van der Waals surface area contributed by atoms with Gasteiger partial charge in [0.25, 0.3) is 0 Å². The summed E-state index contributed by atoms with van der Waals surface area (Å²) in [5.74, 6) is 0.0765. The number of benzene rings is 1. The summed E-state index contributed by atoms with van der Waals surface area (Å²) in [6.07, 6.45) is 3.95. The minimum Gasteiger partial charge on any atom is -0.478 e. The van der Waals surface area contributed by atoms with Crippen LogP contribution in [0.1, 0.15) is 23.2 Å². The first-order valence-electron chi connectivity index (χ1n) is 4.91. The molecule has 0 atom stereocenters. The molecular formula is C12H13BrO2S. The number of carboxylic acids is 1. The molecule has 0 unspecified atom stereocenters. The maximum absolute atomic E-state index is 10.9. The van der Waals surface area contributed by atoms with E-state index in [1.54, 1.807) is 23.9 Å². The molecule has 0 saturated heterocycles. The summed E-state index contributed by atoms with van der Waals surface area (Å²) >= 11 is 4.89. The van der Waals surface area contributed by atoms with Crippen molar-refractivity contribution in [2.45, 2.75) is 17.7 Å². The summed E-state index contributed by atoms with van der Waals surface area (Å²) in [7, 11) is 0. The summed E-state index contributed by atoms with van der Waals surface area (Å²) < 4.78 is 0.621. The largest absolute Gasteiger partial charge is 0.478 e. The Labute approximate surface area is 108 Å². The number of thioether (sulfide) groups is 1. The molecule has 2 nitrogen and oxygen atoms in total. The van der Waals surface area contributed by atoms with Gasteiger partial charge in [0.2, 0.25) is 0 Å². The fourth-order valence-corrected chi connectivity index (χ4v) is 2.50. The molecule has 0 aliphatic carbocycles. The highest BCUT2D eigenvalue weighted by atomic mass is 79.9. The van der Waals surface area contributed by atoms with Gasteiger partial charge in [-0.05, 0) is 52.7 Å². The Kier molecular flexibility index (Phi) is 5.63. The molecule has 4 heteroatoms. The molecule has 1 N–H and O–H groups in total. The first kappa shape index (κ1) is 13.3. The lowest BCUT2D eigenvalue weighted by Gasteiger charge is -2.04. The quantitative estimate of drug-likeness (QED) is 0.486. The molecule has 1 aromatic rings. The normalized spacial score (nSPS) is 10.1. The van der Waals surface area contributed by atoms with Gasteiger partial charge in [0, 0.05) is 9.37 Å². The Morgan fingerprint density at radius 2 is 2.31 bits per heavy atom. The Morgan fingerprint density at radius 1 is 1.56 bits per heavy atom. The van der Waals surface area contributed by atoms with Gasteiger partial charge < -0.3 is 5.11 Å². The molecule has 86 valence electrons. The molecule has 0 saturated carbocycles. The van der Waals surface area contributed by atoms with Gasteiger partial charge in [-0.3, -0.25) is 0 Å². The summed E-state index contributed by atoms with van der Waals surface area (Å²) in [5, 5.41) is 8.95. The van der Waals surface area contributed by atoms with Crippen molar-refractivity contribution in [1.82, 2.24) is 0 Å². The lowest BCUT2D eigenvalue weighted by molar-refractivity contribution is 0.0695. The van der Waals surface area contributed by atoms with Crippen LogP contribution < -0.4 is 0 Å². The first-order valence-corrected chi connectivity index (χ1v) is 6.69. The Morgan fingerprint density at radius 3 is 2.94 bits per heavy atom. The zero-order valence-corrected chi connectivity index (χ0v) is 11.2. The highest BCUT2D eigenvalue weighted by Crippen LogP contribution is 2.25. The molecule has 0 fully saturated rings. The average molecular weight is 301 g/mol. The number of hydrogen-bond acceptors (Lipinski definition) is 2. The first-order chi connectivity index (χ1) is 7.65. The summed E-state index contributed by atoms with van der Waals surface area (Å²) in [6, 6.07) is 5.40. The zero-order valence-electron chi connectivity index (χ0n) is 8.78. The highest BCUT2D eigenvalue weighted by Gasteiger charge is 2.08. The zero-order chi connectivity index (χ0) is 12.0. The van der Waals surface area contributed by atoms with Gasteiger partial charge >= 0.3 is 5.97 Å². The fourth-order valence-electron chi connectivity index (χ4n) is 1.18. The van der Waals surface area contributed by atoms with Gasteiger partial charge in [0.15, 0.2) is 0 Å². The van der Waals surface area contributed by atoms with Crippen LogP contribution >= 0.6 is 27.7 Å². The molecule has 0 radical (unpaired) electrons. The number of halogens is 1. The van der Waals surface area contributed by atoms with Crippen LogP contribution in [0.4, 0.5) is 0 Å². The maximum atomic E-state index is 10.9. The van der Waals surface area contributed by atoms with Crippen molar-refractivity contribution >= 4 is 33.7 Å². The van der Waals surface area contributed by atoms with Crippen molar-refractivity contribution in [1.29, 1.82) is 0 Å². The van der Waals surface area contributed by atoms with Crippen LogP contribution in [0, 0.1) is 0 Å². The molecule has 0 aliphatic heterocycles. The van der Waals surface area contributed by atoms with E-state index in [-0.39, 0.29) is 0 Å². The monoisotopic (exact) mass is 300 g/mol. The lowest BCUT2D eigenvalue weighted by atomic mass is 10.2. The number of hydrogen-bond donors (Lipinski definition) is 1. The van der Waals surface area contributed by atoms with Crippen molar-refractivity contribution in [3.05, 3.63) is 40.9 Å². The smallest absolute Gasteiger partial charge is 0.336 e. The van der Waals surface area contributed by atoms with E-state index in [4.69, 9.17) is 5.11 Å². The standard InChI is InChI=1S/C12H13BrO2S/c1-2-3-4-7-16-9-5-6-11(13)10(8-9)12(14)15/h2,5-6,8H,1,3-4,7H2,(H,14,15). The van der Waals surface area contributed by atoms with E-state index in [2.05, 4.69) is 22.5 Å². The van der Waals surface area contributed by atoms with Gasteiger partial charge in [-0.25, -0.2) is 4.79 Å². The number of allylic oxidation sites excluding steroid dienone is 1. The van der Waals surface area contributed by atoms with E-state index >= 15 is 0 Å². The summed E-state index contributed by atoms with van der Waals surface area (Å²) in [4.78, 5) is 11.9. The van der Waals surface area contributed by atoms with E-state index < -0.39 is 5.97 Å². The van der Waals surface area contributed by atoms with Crippen molar-refractivity contribution in [2.24, 2.45) is 0 Å². The lowest BCUT2D eigenvalue weighted by Crippen LogP contribution is -1.97. The summed E-state index contributed by atoms with van der Waals surface area (Å²) in [6.45, 7) is 3.66. The maximum Gasteiger partial charge on any atom is 0.336 e. The van der Waals surface area contributed by atoms with Crippen molar-refractivity contribution < 1.29 is 9.90 Å². The van der Waals surface area contributed by atoms with E-state index in [0.29, 0.717) is 10.0 Å². The molecule has 0 aliphatic rings. The number of carbonyl (C=O) groups is 1.